The number of aliphatic hydroxyl groups excluding tert-OH is 1. The van der Waals surface area contributed by atoms with Crippen molar-refractivity contribution in [3.63, 3.8) is 0 Å². The molecular formula is C30H40F2N2O2. The van der Waals surface area contributed by atoms with Gasteiger partial charge in [-0.05, 0) is 66.3 Å². The van der Waals surface area contributed by atoms with Crippen LogP contribution in [-0.4, -0.2) is 29.7 Å². The summed E-state index contributed by atoms with van der Waals surface area (Å²) in [5.74, 6) is -1.45. The van der Waals surface area contributed by atoms with Crippen molar-refractivity contribution in [2.75, 3.05) is 6.54 Å². The summed E-state index contributed by atoms with van der Waals surface area (Å²) < 4.78 is 27.6. The lowest BCUT2D eigenvalue weighted by atomic mass is 9.74. The number of rotatable bonds is 9. The zero-order valence-electron chi connectivity index (χ0n) is 21.7. The summed E-state index contributed by atoms with van der Waals surface area (Å²) >= 11 is 0. The van der Waals surface area contributed by atoms with Crippen LogP contribution in [0.2, 0.25) is 0 Å². The zero-order chi connectivity index (χ0) is 25.9. The fourth-order valence-electron chi connectivity index (χ4n) is 5.36. The molecule has 0 bridgehead atoms. The van der Waals surface area contributed by atoms with Crippen LogP contribution < -0.4 is 10.6 Å². The van der Waals surface area contributed by atoms with Crippen LogP contribution in [0, 0.1) is 17.6 Å². The first-order valence-corrected chi connectivity index (χ1v) is 13.4. The van der Waals surface area contributed by atoms with E-state index in [2.05, 4.69) is 55.7 Å². The number of hydrogen-bond donors (Lipinski definition) is 3. The van der Waals surface area contributed by atoms with Crippen molar-refractivity contribution < 1.29 is 18.7 Å². The summed E-state index contributed by atoms with van der Waals surface area (Å²) in [6, 6.07) is 11.4. The molecule has 2 saturated carbocycles. The first-order chi connectivity index (χ1) is 17.1. The lowest BCUT2D eigenvalue weighted by Crippen LogP contribution is -2.53. The molecule has 4 nitrogen and oxygen atoms in total. The van der Waals surface area contributed by atoms with E-state index in [0.717, 1.165) is 44.6 Å². The maximum absolute atomic E-state index is 13.8. The maximum atomic E-state index is 13.8. The third kappa shape index (κ3) is 6.71. The molecule has 1 amide bonds. The van der Waals surface area contributed by atoms with Crippen molar-refractivity contribution in [3.05, 3.63) is 70.8 Å². The third-order valence-electron chi connectivity index (χ3n) is 7.76. The molecule has 2 aromatic rings. The minimum absolute atomic E-state index is 0.0262. The Morgan fingerprint density at radius 2 is 1.72 bits per heavy atom. The van der Waals surface area contributed by atoms with E-state index in [1.807, 2.05) is 0 Å². The number of aliphatic hydroxyl groups is 1. The molecular weight excluding hydrogens is 458 g/mol. The molecule has 0 aliphatic heterocycles. The van der Waals surface area contributed by atoms with Crippen LogP contribution in [0.5, 0.6) is 0 Å². The number of amides is 1. The van der Waals surface area contributed by atoms with Gasteiger partial charge >= 0.3 is 0 Å². The molecule has 0 radical (unpaired) electrons. The largest absolute Gasteiger partial charge is 0.390 e. The lowest BCUT2D eigenvalue weighted by molar-refractivity contribution is -0.123. The van der Waals surface area contributed by atoms with Crippen molar-refractivity contribution >= 4 is 5.91 Å². The average molecular weight is 499 g/mol. The van der Waals surface area contributed by atoms with E-state index in [1.54, 1.807) is 0 Å². The Morgan fingerprint density at radius 1 is 1.06 bits per heavy atom. The van der Waals surface area contributed by atoms with E-state index in [9.17, 15) is 18.7 Å². The fraction of sp³-hybridized carbons (Fsp3) is 0.567. The van der Waals surface area contributed by atoms with Gasteiger partial charge < -0.3 is 15.7 Å². The van der Waals surface area contributed by atoms with Crippen LogP contribution in [-0.2, 0) is 22.2 Å². The second kappa shape index (κ2) is 11.0. The van der Waals surface area contributed by atoms with Gasteiger partial charge in [0.05, 0.1) is 12.1 Å². The van der Waals surface area contributed by atoms with Gasteiger partial charge in [0.15, 0.2) is 0 Å². The number of halogens is 2. The highest BCUT2D eigenvalue weighted by Gasteiger charge is 2.37. The Bertz CT molecular complexity index is 1030. The van der Waals surface area contributed by atoms with Gasteiger partial charge in [-0.25, -0.2) is 8.78 Å². The van der Waals surface area contributed by atoms with Crippen LogP contribution in [0.3, 0.4) is 0 Å². The van der Waals surface area contributed by atoms with E-state index in [-0.39, 0.29) is 35.7 Å². The van der Waals surface area contributed by atoms with Gasteiger partial charge in [-0.1, -0.05) is 64.3 Å². The quantitative estimate of drug-likeness (QED) is 0.427. The minimum Gasteiger partial charge on any atom is -0.390 e. The first-order valence-electron chi connectivity index (χ1n) is 13.4. The third-order valence-corrected chi connectivity index (χ3v) is 7.76. The molecule has 2 atom stereocenters. The Hall–Kier alpha value is -2.31. The molecule has 0 heterocycles. The molecule has 0 spiro atoms. The van der Waals surface area contributed by atoms with Crippen LogP contribution in [0.4, 0.5) is 8.78 Å². The standard InChI is InChI=1S/C30H40F2N2O2/c1-29(2,3)22-8-7-9-23(17-22)30(12-5-4-6-13-30)33-19-27(35)26(34-28(36)21-10-11-21)16-20-14-24(31)18-25(32)15-20/h7-9,14-15,17-18,21,26-27,33,35H,4-6,10-13,16,19H2,1-3H3,(H,34,36). The highest BCUT2D eigenvalue weighted by molar-refractivity contribution is 5.81. The summed E-state index contributed by atoms with van der Waals surface area (Å²) in [7, 11) is 0. The van der Waals surface area contributed by atoms with E-state index in [0.29, 0.717) is 5.56 Å². The van der Waals surface area contributed by atoms with E-state index in [1.165, 1.54) is 29.7 Å². The smallest absolute Gasteiger partial charge is 0.223 e. The van der Waals surface area contributed by atoms with Crippen LogP contribution in [0.15, 0.2) is 42.5 Å². The maximum Gasteiger partial charge on any atom is 0.223 e. The van der Waals surface area contributed by atoms with Gasteiger partial charge in [-0.3, -0.25) is 4.79 Å². The summed E-state index contributed by atoms with van der Waals surface area (Å²) in [5.41, 5.74) is 2.70. The Balaban J connectivity index is 1.53. The van der Waals surface area contributed by atoms with Crippen molar-refractivity contribution in [2.24, 2.45) is 5.92 Å². The molecule has 196 valence electrons. The van der Waals surface area contributed by atoms with Crippen LogP contribution in [0.25, 0.3) is 0 Å². The number of nitrogens with one attached hydrogen (secondary N) is 2. The predicted molar refractivity (Wildman–Crippen MR) is 139 cm³/mol. The highest BCUT2D eigenvalue weighted by atomic mass is 19.1. The molecule has 6 heteroatoms. The SMILES string of the molecule is CC(C)(C)c1cccc(C2(NCC(O)C(Cc3cc(F)cc(F)c3)NC(=O)C3CC3)CCCCC2)c1. The normalized spacial score (nSPS) is 19.5. The monoisotopic (exact) mass is 498 g/mol. The molecule has 2 unspecified atom stereocenters. The predicted octanol–water partition coefficient (Wildman–Crippen LogP) is 5.51. The molecule has 36 heavy (non-hydrogen) atoms. The number of carbonyl (C=O) groups excluding carboxylic acids is 1. The van der Waals surface area contributed by atoms with E-state index < -0.39 is 23.8 Å². The zero-order valence-corrected chi connectivity index (χ0v) is 21.7. The minimum atomic E-state index is -0.913. The molecule has 2 fully saturated rings. The van der Waals surface area contributed by atoms with Gasteiger partial charge in [-0.15, -0.1) is 0 Å². The second-order valence-corrected chi connectivity index (χ2v) is 11.8. The van der Waals surface area contributed by atoms with Crippen molar-refractivity contribution in [3.8, 4) is 0 Å². The summed E-state index contributed by atoms with van der Waals surface area (Å²) in [4.78, 5) is 12.6. The summed E-state index contributed by atoms with van der Waals surface area (Å²) in [6.45, 7) is 6.89. The number of benzene rings is 2. The molecule has 2 aliphatic rings. The average Bonchev–Trinajstić information content (AvgIpc) is 3.67. The van der Waals surface area contributed by atoms with Gasteiger partial charge in [0.1, 0.15) is 11.6 Å². The van der Waals surface area contributed by atoms with Gasteiger partial charge in [0.25, 0.3) is 0 Å². The summed E-state index contributed by atoms with van der Waals surface area (Å²) in [6.07, 6.45) is 6.27. The van der Waals surface area contributed by atoms with Gasteiger partial charge in [0.2, 0.25) is 5.91 Å². The second-order valence-electron chi connectivity index (χ2n) is 11.8. The van der Waals surface area contributed by atoms with Crippen molar-refractivity contribution in [1.82, 2.24) is 10.6 Å². The molecule has 0 aromatic heterocycles. The fourth-order valence-corrected chi connectivity index (χ4v) is 5.36. The van der Waals surface area contributed by atoms with E-state index >= 15 is 0 Å². The highest BCUT2D eigenvalue weighted by Crippen LogP contribution is 2.39. The number of hydrogen-bond acceptors (Lipinski definition) is 3. The Morgan fingerprint density at radius 3 is 2.33 bits per heavy atom. The van der Waals surface area contributed by atoms with E-state index in [4.69, 9.17) is 0 Å². The van der Waals surface area contributed by atoms with Crippen molar-refractivity contribution in [2.45, 2.75) is 95.2 Å². The molecule has 2 aromatic carbocycles. The van der Waals surface area contributed by atoms with Crippen LogP contribution >= 0.6 is 0 Å². The van der Waals surface area contributed by atoms with Crippen LogP contribution in [0.1, 0.15) is 82.4 Å². The first kappa shape index (κ1) is 26.7. The molecule has 4 rings (SSSR count). The molecule has 3 N–H and O–H groups in total. The molecule has 0 saturated heterocycles. The number of carbonyl (C=O) groups is 1. The summed E-state index contributed by atoms with van der Waals surface area (Å²) in [5, 5.41) is 17.9. The van der Waals surface area contributed by atoms with Gasteiger partial charge in [-0.2, -0.15) is 0 Å². The van der Waals surface area contributed by atoms with Crippen molar-refractivity contribution in [1.29, 1.82) is 0 Å². The molecule has 2 aliphatic carbocycles. The lowest BCUT2D eigenvalue weighted by Gasteiger charge is -2.41. The Kier molecular flexibility index (Phi) is 8.15. The Labute approximate surface area is 213 Å². The van der Waals surface area contributed by atoms with Gasteiger partial charge in [0, 0.05) is 24.1 Å². The topological polar surface area (TPSA) is 61.4 Å².